The molecule has 0 bridgehead atoms. The first-order valence-corrected chi connectivity index (χ1v) is 12.2. The SMILES string of the molecule is O=C(O)CC1CCC(C2CCN(c3ccc(-c4n[nH]c(-c5cccc(F)c5)n4)cn3)CC2)CC1. The van der Waals surface area contributed by atoms with Crippen molar-refractivity contribution < 1.29 is 14.3 Å². The number of nitrogens with zero attached hydrogens (tertiary/aromatic N) is 4. The smallest absolute Gasteiger partial charge is 0.303 e. The van der Waals surface area contributed by atoms with E-state index in [1.165, 1.54) is 25.0 Å². The number of hydrogen-bond acceptors (Lipinski definition) is 5. The van der Waals surface area contributed by atoms with E-state index in [1.54, 1.807) is 18.3 Å². The minimum atomic E-state index is -0.662. The summed E-state index contributed by atoms with van der Waals surface area (Å²) in [6.45, 7) is 1.99. The van der Waals surface area contributed by atoms with Crippen LogP contribution < -0.4 is 4.90 Å². The standard InChI is InChI=1S/C26H30FN5O2/c27-22-3-1-2-20(15-22)25-29-26(31-30-25)21-8-9-23(28-16-21)32-12-10-19(11-13-32)18-6-4-17(5-7-18)14-24(33)34/h1-3,8-9,15-19H,4-7,10-14H2,(H,33,34)(H,29,30,31). The van der Waals surface area contributed by atoms with E-state index in [-0.39, 0.29) is 5.82 Å². The van der Waals surface area contributed by atoms with Crippen LogP contribution in [0.15, 0.2) is 42.6 Å². The van der Waals surface area contributed by atoms with Gasteiger partial charge in [-0.1, -0.05) is 12.1 Å². The molecule has 7 nitrogen and oxygen atoms in total. The number of halogens is 1. The molecule has 3 heterocycles. The Morgan fingerprint density at radius 1 is 1.03 bits per heavy atom. The van der Waals surface area contributed by atoms with Crippen LogP contribution in [0.25, 0.3) is 22.8 Å². The summed E-state index contributed by atoms with van der Waals surface area (Å²) < 4.78 is 13.5. The zero-order valence-electron chi connectivity index (χ0n) is 19.2. The molecular weight excluding hydrogens is 433 g/mol. The lowest BCUT2D eigenvalue weighted by Crippen LogP contribution is -2.37. The average molecular weight is 464 g/mol. The number of piperidine rings is 1. The quantitative estimate of drug-likeness (QED) is 0.524. The van der Waals surface area contributed by atoms with Crippen molar-refractivity contribution in [1.29, 1.82) is 0 Å². The number of aromatic amines is 1. The van der Waals surface area contributed by atoms with Gasteiger partial charge in [-0.25, -0.2) is 14.4 Å². The summed E-state index contributed by atoms with van der Waals surface area (Å²) in [4.78, 5) is 22.5. The Morgan fingerprint density at radius 3 is 2.47 bits per heavy atom. The lowest BCUT2D eigenvalue weighted by molar-refractivity contribution is -0.138. The number of carboxylic acid groups (broad SMARTS) is 1. The number of carboxylic acids is 1. The highest BCUT2D eigenvalue weighted by atomic mass is 19.1. The molecule has 2 aliphatic rings. The van der Waals surface area contributed by atoms with Crippen molar-refractivity contribution in [2.24, 2.45) is 17.8 Å². The molecule has 8 heteroatoms. The minimum Gasteiger partial charge on any atom is -0.481 e. The third kappa shape index (κ3) is 5.11. The topological polar surface area (TPSA) is 95.0 Å². The maximum absolute atomic E-state index is 13.5. The van der Waals surface area contributed by atoms with Gasteiger partial charge in [-0.05, 0) is 80.5 Å². The Hall–Kier alpha value is -3.29. The van der Waals surface area contributed by atoms with Gasteiger partial charge in [-0.3, -0.25) is 9.89 Å². The van der Waals surface area contributed by atoms with Gasteiger partial charge in [0, 0.05) is 36.8 Å². The van der Waals surface area contributed by atoms with E-state index in [4.69, 9.17) is 5.11 Å². The van der Waals surface area contributed by atoms with Gasteiger partial charge in [-0.2, -0.15) is 5.10 Å². The molecule has 34 heavy (non-hydrogen) atoms. The summed E-state index contributed by atoms with van der Waals surface area (Å²) in [5.74, 6) is 2.89. The number of aromatic nitrogens is 4. The summed E-state index contributed by atoms with van der Waals surface area (Å²) in [5, 5.41) is 16.2. The predicted molar refractivity (Wildman–Crippen MR) is 128 cm³/mol. The summed E-state index contributed by atoms with van der Waals surface area (Å²) in [7, 11) is 0. The van der Waals surface area contributed by atoms with E-state index in [2.05, 4.69) is 25.1 Å². The summed E-state index contributed by atoms with van der Waals surface area (Å²) >= 11 is 0. The summed E-state index contributed by atoms with van der Waals surface area (Å²) in [5.41, 5.74) is 1.47. The van der Waals surface area contributed by atoms with Crippen LogP contribution >= 0.6 is 0 Å². The Kier molecular flexibility index (Phi) is 6.56. The van der Waals surface area contributed by atoms with Gasteiger partial charge in [0.2, 0.25) is 0 Å². The lowest BCUT2D eigenvalue weighted by atomic mass is 9.72. The number of H-pyrrole nitrogens is 1. The molecule has 2 fully saturated rings. The second kappa shape index (κ2) is 9.91. The van der Waals surface area contributed by atoms with Crippen molar-refractivity contribution in [1.82, 2.24) is 20.2 Å². The molecule has 0 amide bonds. The van der Waals surface area contributed by atoms with Crippen LogP contribution in [-0.4, -0.2) is 44.3 Å². The molecule has 0 radical (unpaired) electrons. The number of rotatable bonds is 6. The molecule has 2 aromatic heterocycles. The maximum Gasteiger partial charge on any atom is 0.303 e. The van der Waals surface area contributed by atoms with Crippen LogP contribution in [0.2, 0.25) is 0 Å². The van der Waals surface area contributed by atoms with Crippen LogP contribution in [0.4, 0.5) is 10.2 Å². The molecule has 2 N–H and O–H groups in total. The number of hydrogen-bond donors (Lipinski definition) is 2. The highest BCUT2D eigenvalue weighted by Crippen LogP contribution is 2.39. The van der Waals surface area contributed by atoms with Crippen molar-refractivity contribution in [2.75, 3.05) is 18.0 Å². The molecule has 1 aromatic carbocycles. The third-order valence-corrected chi connectivity index (χ3v) is 7.47. The normalized spacial score (nSPS) is 21.5. The summed E-state index contributed by atoms with van der Waals surface area (Å²) in [6.07, 6.45) is 8.90. The van der Waals surface area contributed by atoms with E-state index in [0.717, 1.165) is 62.0 Å². The highest BCUT2D eigenvalue weighted by molar-refractivity contribution is 5.67. The van der Waals surface area contributed by atoms with E-state index < -0.39 is 5.97 Å². The first-order chi connectivity index (χ1) is 16.5. The maximum atomic E-state index is 13.5. The minimum absolute atomic E-state index is 0.309. The molecule has 1 aliphatic heterocycles. The molecular formula is C26H30FN5O2. The van der Waals surface area contributed by atoms with Crippen molar-refractivity contribution in [3.05, 3.63) is 48.4 Å². The largest absolute Gasteiger partial charge is 0.481 e. The van der Waals surface area contributed by atoms with Crippen molar-refractivity contribution in [3.8, 4) is 22.8 Å². The number of nitrogens with one attached hydrogen (secondary N) is 1. The zero-order chi connectivity index (χ0) is 23.5. The molecule has 5 rings (SSSR count). The monoisotopic (exact) mass is 463 g/mol. The van der Waals surface area contributed by atoms with Gasteiger partial charge in [0.15, 0.2) is 11.6 Å². The van der Waals surface area contributed by atoms with Gasteiger partial charge in [-0.15, -0.1) is 0 Å². The van der Waals surface area contributed by atoms with Gasteiger partial charge in [0.25, 0.3) is 0 Å². The van der Waals surface area contributed by atoms with Crippen molar-refractivity contribution >= 4 is 11.8 Å². The van der Waals surface area contributed by atoms with Crippen LogP contribution in [0.1, 0.15) is 44.9 Å². The zero-order valence-corrected chi connectivity index (χ0v) is 19.2. The van der Waals surface area contributed by atoms with Crippen LogP contribution in [0.5, 0.6) is 0 Å². The van der Waals surface area contributed by atoms with Crippen molar-refractivity contribution in [3.63, 3.8) is 0 Å². The molecule has 3 aromatic rings. The van der Waals surface area contributed by atoms with Crippen LogP contribution in [0, 0.1) is 23.6 Å². The first kappa shape index (κ1) is 22.5. The molecule has 1 saturated heterocycles. The van der Waals surface area contributed by atoms with E-state index >= 15 is 0 Å². The van der Waals surface area contributed by atoms with Gasteiger partial charge in [0.1, 0.15) is 11.6 Å². The second-order valence-corrected chi connectivity index (χ2v) is 9.63. The number of anilines is 1. The molecule has 0 unspecified atom stereocenters. The summed E-state index contributed by atoms with van der Waals surface area (Å²) in [6, 6.07) is 10.3. The predicted octanol–water partition coefficient (Wildman–Crippen LogP) is 5.17. The Morgan fingerprint density at radius 2 is 1.79 bits per heavy atom. The van der Waals surface area contributed by atoms with Gasteiger partial charge in [0.05, 0.1) is 0 Å². The third-order valence-electron chi connectivity index (χ3n) is 7.47. The number of carbonyl (C=O) groups is 1. The number of benzene rings is 1. The molecule has 0 atom stereocenters. The van der Waals surface area contributed by atoms with Crippen LogP contribution in [0.3, 0.4) is 0 Å². The van der Waals surface area contributed by atoms with E-state index in [0.29, 0.717) is 29.6 Å². The lowest BCUT2D eigenvalue weighted by Gasteiger charge is -2.39. The molecule has 178 valence electrons. The van der Waals surface area contributed by atoms with Crippen LogP contribution in [-0.2, 0) is 4.79 Å². The van der Waals surface area contributed by atoms with E-state index in [9.17, 15) is 9.18 Å². The molecule has 1 aliphatic carbocycles. The molecule has 0 spiro atoms. The van der Waals surface area contributed by atoms with Gasteiger partial charge >= 0.3 is 5.97 Å². The fourth-order valence-corrected chi connectivity index (χ4v) is 5.57. The van der Waals surface area contributed by atoms with E-state index in [1.807, 2.05) is 12.1 Å². The number of aliphatic carboxylic acids is 1. The van der Waals surface area contributed by atoms with Crippen molar-refractivity contribution in [2.45, 2.75) is 44.9 Å². The Labute approximate surface area is 198 Å². The fraction of sp³-hybridized carbons (Fsp3) is 0.462. The second-order valence-electron chi connectivity index (χ2n) is 9.63. The molecule has 1 saturated carbocycles. The van der Waals surface area contributed by atoms with Gasteiger partial charge < -0.3 is 10.0 Å². The number of pyridine rings is 1. The highest BCUT2D eigenvalue weighted by Gasteiger charge is 2.31. The Bertz CT molecular complexity index is 1120. The first-order valence-electron chi connectivity index (χ1n) is 12.2. The Balaban J connectivity index is 1.15. The fourth-order valence-electron chi connectivity index (χ4n) is 5.57. The average Bonchev–Trinajstić information content (AvgIpc) is 3.35.